The molecule has 2 aliphatic rings. The highest BCUT2D eigenvalue weighted by molar-refractivity contribution is 5.85. The Kier molecular flexibility index (Phi) is 6.11. The largest absolute Gasteiger partial charge is 0.481 e. The molecule has 6 heteroatoms. The maximum absolute atomic E-state index is 12.7. The van der Waals surface area contributed by atoms with Crippen LogP contribution >= 0.6 is 0 Å². The predicted octanol–water partition coefficient (Wildman–Crippen LogP) is 2.28. The number of nitrogens with zero attached hydrogens (tertiary/aromatic N) is 3. The molecular formula is C23H29N3O3. The van der Waals surface area contributed by atoms with Crippen molar-refractivity contribution in [3.05, 3.63) is 48.0 Å². The lowest BCUT2D eigenvalue weighted by Crippen LogP contribution is -2.51. The van der Waals surface area contributed by atoms with Crippen molar-refractivity contribution in [3.8, 4) is 0 Å². The first kappa shape index (κ1) is 19.9. The van der Waals surface area contributed by atoms with Gasteiger partial charge in [0.1, 0.15) is 0 Å². The van der Waals surface area contributed by atoms with E-state index in [1.165, 1.54) is 16.3 Å². The lowest BCUT2D eigenvalue weighted by atomic mass is 9.97. The Morgan fingerprint density at radius 1 is 0.862 bits per heavy atom. The second kappa shape index (κ2) is 8.93. The molecule has 4 rings (SSSR count). The first-order valence-corrected chi connectivity index (χ1v) is 10.5. The number of piperazine rings is 1. The summed E-state index contributed by atoms with van der Waals surface area (Å²) in [6.07, 6.45) is 1.28. The van der Waals surface area contributed by atoms with Gasteiger partial charge in [-0.1, -0.05) is 42.5 Å². The van der Waals surface area contributed by atoms with E-state index in [-0.39, 0.29) is 11.8 Å². The number of aliphatic carboxylic acids is 1. The highest BCUT2D eigenvalue weighted by atomic mass is 16.4. The molecule has 0 spiro atoms. The van der Waals surface area contributed by atoms with Gasteiger partial charge < -0.3 is 10.0 Å². The molecule has 2 heterocycles. The number of hydrogen-bond donors (Lipinski definition) is 1. The number of amides is 1. The first-order valence-electron chi connectivity index (χ1n) is 10.5. The van der Waals surface area contributed by atoms with E-state index in [4.69, 9.17) is 5.11 Å². The molecule has 0 saturated carbocycles. The van der Waals surface area contributed by atoms with Gasteiger partial charge in [0.05, 0.1) is 12.5 Å². The van der Waals surface area contributed by atoms with Gasteiger partial charge >= 0.3 is 5.97 Å². The Bertz CT molecular complexity index is 863. The quantitative estimate of drug-likeness (QED) is 0.842. The molecule has 0 radical (unpaired) electrons. The van der Waals surface area contributed by atoms with Crippen molar-refractivity contribution in [2.75, 3.05) is 45.8 Å². The monoisotopic (exact) mass is 395 g/mol. The Labute approximate surface area is 171 Å². The molecule has 2 aromatic rings. The van der Waals surface area contributed by atoms with Crippen molar-refractivity contribution < 1.29 is 14.7 Å². The summed E-state index contributed by atoms with van der Waals surface area (Å²) in [5.41, 5.74) is 1.34. The fourth-order valence-electron chi connectivity index (χ4n) is 4.46. The standard InChI is InChI=1S/C23H29N3O3/c27-22(17-24-10-8-19(9-11-24)23(28)29)26-14-12-25(13-15-26)16-20-6-3-5-18-4-1-2-7-21(18)20/h1-7,19H,8-17H2,(H,28,29). The summed E-state index contributed by atoms with van der Waals surface area (Å²) >= 11 is 0. The van der Waals surface area contributed by atoms with Crippen molar-refractivity contribution in [2.45, 2.75) is 19.4 Å². The molecule has 1 amide bonds. The van der Waals surface area contributed by atoms with Gasteiger partial charge in [-0.3, -0.25) is 19.4 Å². The summed E-state index contributed by atoms with van der Waals surface area (Å²) < 4.78 is 0. The Morgan fingerprint density at radius 3 is 2.28 bits per heavy atom. The number of benzene rings is 2. The SMILES string of the molecule is O=C(O)C1CCN(CC(=O)N2CCN(Cc3cccc4ccccc34)CC2)CC1. The van der Waals surface area contributed by atoms with E-state index in [1.54, 1.807) is 0 Å². The van der Waals surface area contributed by atoms with Crippen LogP contribution < -0.4 is 0 Å². The van der Waals surface area contributed by atoms with E-state index in [9.17, 15) is 9.59 Å². The second-order valence-electron chi connectivity index (χ2n) is 8.18. The molecule has 0 unspecified atom stereocenters. The maximum atomic E-state index is 12.7. The topological polar surface area (TPSA) is 64.1 Å². The van der Waals surface area contributed by atoms with Crippen molar-refractivity contribution in [2.24, 2.45) is 5.92 Å². The van der Waals surface area contributed by atoms with Gasteiger partial charge in [0, 0.05) is 32.7 Å². The number of likely N-dealkylation sites (tertiary alicyclic amines) is 1. The minimum Gasteiger partial charge on any atom is -0.481 e. The van der Waals surface area contributed by atoms with E-state index in [1.807, 2.05) is 4.90 Å². The molecule has 154 valence electrons. The molecule has 2 saturated heterocycles. The van der Waals surface area contributed by atoms with Crippen LogP contribution in [0.3, 0.4) is 0 Å². The van der Waals surface area contributed by atoms with Crippen LogP contribution in [-0.2, 0) is 16.1 Å². The molecule has 0 aromatic heterocycles. The van der Waals surface area contributed by atoms with Gasteiger partial charge in [-0.05, 0) is 42.3 Å². The van der Waals surface area contributed by atoms with Crippen LogP contribution in [0.2, 0.25) is 0 Å². The van der Waals surface area contributed by atoms with Crippen molar-refractivity contribution in [1.29, 1.82) is 0 Å². The van der Waals surface area contributed by atoms with Crippen LogP contribution in [0.5, 0.6) is 0 Å². The third-order valence-electron chi connectivity index (χ3n) is 6.29. The normalized spacial score (nSPS) is 19.5. The molecule has 0 atom stereocenters. The molecule has 29 heavy (non-hydrogen) atoms. The number of carbonyl (C=O) groups is 2. The van der Waals surface area contributed by atoms with Gasteiger partial charge in [0.15, 0.2) is 0 Å². The molecule has 0 bridgehead atoms. The fourth-order valence-corrected chi connectivity index (χ4v) is 4.46. The summed E-state index contributed by atoms with van der Waals surface area (Å²) in [5, 5.41) is 11.7. The van der Waals surface area contributed by atoms with Gasteiger partial charge in [0.2, 0.25) is 5.91 Å². The van der Waals surface area contributed by atoms with E-state index >= 15 is 0 Å². The lowest BCUT2D eigenvalue weighted by molar-refractivity contribution is -0.143. The number of hydrogen-bond acceptors (Lipinski definition) is 4. The van der Waals surface area contributed by atoms with Crippen LogP contribution in [-0.4, -0.2) is 77.5 Å². The van der Waals surface area contributed by atoms with Crippen LogP contribution in [0.1, 0.15) is 18.4 Å². The van der Waals surface area contributed by atoms with Crippen LogP contribution in [0.25, 0.3) is 10.8 Å². The molecular weight excluding hydrogens is 366 g/mol. The van der Waals surface area contributed by atoms with Gasteiger partial charge in [-0.25, -0.2) is 0 Å². The third kappa shape index (κ3) is 4.77. The predicted molar refractivity (Wildman–Crippen MR) is 113 cm³/mol. The smallest absolute Gasteiger partial charge is 0.306 e. The average molecular weight is 396 g/mol. The first-order chi connectivity index (χ1) is 14.1. The number of carboxylic acids is 1. The molecule has 2 aliphatic heterocycles. The average Bonchev–Trinajstić information content (AvgIpc) is 2.75. The van der Waals surface area contributed by atoms with E-state index in [2.05, 4.69) is 52.3 Å². The highest BCUT2D eigenvalue weighted by Gasteiger charge is 2.27. The fraction of sp³-hybridized carbons (Fsp3) is 0.478. The maximum Gasteiger partial charge on any atom is 0.306 e. The van der Waals surface area contributed by atoms with Crippen molar-refractivity contribution in [3.63, 3.8) is 0 Å². The van der Waals surface area contributed by atoms with Gasteiger partial charge in [-0.2, -0.15) is 0 Å². The van der Waals surface area contributed by atoms with Gasteiger partial charge in [0.25, 0.3) is 0 Å². The number of fused-ring (bicyclic) bond motifs is 1. The van der Waals surface area contributed by atoms with E-state index in [0.29, 0.717) is 32.5 Å². The number of piperidine rings is 1. The van der Waals surface area contributed by atoms with Crippen LogP contribution in [0, 0.1) is 5.92 Å². The van der Waals surface area contributed by atoms with E-state index < -0.39 is 5.97 Å². The lowest BCUT2D eigenvalue weighted by Gasteiger charge is -2.37. The summed E-state index contributed by atoms with van der Waals surface area (Å²) in [4.78, 5) is 30.2. The molecule has 2 fully saturated rings. The van der Waals surface area contributed by atoms with Crippen LogP contribution in [0.4, 0.5) is 0 Å². The third-order valence-corrected chi connectivity index (χ3v) is 6.29. The summed E-state index contributed by atoms with van der Waals surface area (Å²) in [6.45, 7) is 6.01. The van der Waals surface area contributed by atoms with Crippen LogP contribution in [0.15, 0.2) is 42.5 Å². The van der Waals surface area contributed by atoms with Gasteiger partial charge in [-0.15, -0.1) is 0 Å². The molecule has 6 nitrogen and oxygen atoms in total. The summed E-state index contributed by atoms with van der Waals surface area (Å²) in [6, 6.07) is 14.9. The minimum absolute atomic E-state index is 0.170. The van der Waals surface area contributed by atoms with E-state index in [0.717, 1.165) is 32.7 Å². The zero-order valence-corrected chi connectivity index (χ0v) is 16.8. The van der Waals surface area contributed by atoms with Crippen molar-refractivity contribution >= 4 is 22.6 Å². The number of carboxylic acid groups (broad SMARTS) is 1. The zero-order valence-electron chi connectivity index (χ0n) is 16.8. The Balaban J connectivity index is 1.26. The molecule has 0 aliphatic carbocycles. The highest BCUT2D eigenvalue weighted by Crippen LogP contribution is 2.21. The Hall–Kier alpha value is -2.44. The second-order valence-corrected chi connectivity index (χ2v) is 8.18. The number of carbonyl (C=O) groups excluding carboxylic acids is 1. The zero-order chi connectivity index (χ0) is 20.2. The minimum atomic E-state index is -0.710. The molecule has 1 N–H and O–H groups in total. The Morgan fingerprint density at radius 2 is 1.55 bits per heavy atom. The summed E-state index contributed by atoms with van der Waals surface area (Å²) in [5.74, 6) is -0.791. The van der Waals surface area contributed by atoms with Crippen molar-refractivity contribution in [1.82, 2.24) is 14.7 Å². The molecule has 2 aromatic carbocycles. The summed E-state index contributed by atoms with van der Waals surface area (Å²) in [7, 11) is 0. The number of rotatable bonds is 5.